The Hall–Kier alpha value is -3.94. The molecule has 1 amide bonds. The molecule has 2 heterocycles. The Kier molecular flexibility index (Phi) is 6.83. The van der Waals surface area contributed by atoms with Crippen molar-refractivity contribution in [2.75, 3.05) is 33.1 Å². The predicted molar refractivity (Wildman–Crippen MR) is 127 cm³/mol. The highest BCUT2D eigenvalue weighted by atomic mass is 16.5. The molecule has 0 fully saturated rings. The van der Waals surface area contributed by atoms with Crippen LogP contribution >= 0.6 is 0 Å². The molecule has 2 N–H and O–H groups in total. The third kappa shape index (κ3) is 5.11. The van der Waals surface area contributed by atoms with Gasteiger partial charge in [-0.15, -0.1) is 0 Å². The third-order valence-electron chi connectivity index (χ3n) is 5.61. The fraction of sp³-hybridized carbons (Fsp3) is 0.280. The number of nitrogens with zero attached hydrogens (tertiary/aromatic N) is 2. The topological polar surface area (TPSA) is 88.3 Å². The Labute approximate surface area is 193 Å². The van der Waals surface area contributed by atoms with Crippen LogP contribution in [0.3, 0.4) is 0 Å². The number of aliphatic imine (C=N–C) groups is 1. The highest BCUT2D eigenvalue weighted by Crippen LogP contribution is 2.33. The summed E-state index contributed by atoms with van der Waals surface area (Å²) >= 11 is 0. The van der Waals surface area contributed by atoms with Crippen LogP contribution in [0.15, 0.2) is 64.2 Å². The Morgan fingerprint density at radius 3 is 2.58 bits per heavy atom. The molecule has 1 aliphatic rings. The van der Waals surface area contributed by atoms with Crippen LogP contribution in [0.1, 0.15) is 27.2 Å². The van der Waals surface area contributed by atoms with E-state index in [1.807, 2.05) is 30.3 Å². The molecule has 4 rings (SSSR count). The van der Waals surface area contributed by atoms with Gasteiger partial charge in [0.05, 0.1) is 20.5 Å². The number of amides is 1. The minimum absolute atomic E-state index is 0.276. The van der Waals surface area contributed by atoms with Crippen molar-refractivity contribution in [2.24, 2.45) is 4.99 Å². The van der Waals surface area contributed by atoms with Gasteiger partial charge in [-0.1, -0.05) is 12.1 Å². The molecule has 33 heavy (non-hydrogen) atoms. The lowest BCUT2D eigenvalue weighted by molar-refractivity contribution is 0.0996. The minimum Gasteiger partial charge on any atom is -0.493 e. The molecule has 1 aliphatic heterocycles. The number of ether oxygens (including phenoxy) is 2. The van der Waals surface area contributed by atoms with Gasteiger partial charge in [-0.05, 0) is 59.5 Å². The average Bonchev–Trinajstić information content (AvgIpc) is 3.39. The number of nitrogens with one attached hydrogen (secondary N) is 2. The Morgan fingerprint density at radius 2 is 1.88 bits per heavy atom. The molecule has 8 heteroatoms. The smallest absolute Gasteiger partial charge is 0.291 e. The number of carbonyl (C=O) groups is 1. The van der Waals surface area contributed by atoms with Gasteiger partial charge in [0.1, 0.15) is 0 Å². The van der Waals surface area contributed by atoms with Gasteiger partial charge >= 0.3 is 0 Å². The Morgan fingerprint density at radius 1 is 1.09 bits per heavy atom. The van der Waals surface area contributed by atoms with E-state index in [9.17, 15) is 4.79 Å². The first kappa shape index (κ1) is 22.3. The molecule has 0 saturated heterocycles. The third-order valence-corrected chi connectivity index (χ3v) is 5.61. The van der Waals surface area contributed by atoms with Crippen molar-refractivity contribution in [1.82, 2.24) is 10.2 Å². The highest BCUT2D eigenvalue weighted by molar-refractivity contribution is 6.02. The van der Waals surface area contributed by atoms with Crippen LogP contribution in [0.4, 0.5) is 5.69 Å². The molecular weight excluding hydrogens is 420 g/mol. The fourth-order valence-corrected chi connectivity index (χ4v) is 3.94. The van der Waals surface area contributed by atoms with Crippen molar-refractivity contribution in [3.05, 3.63) is 77.2 Å². The van der Waals surface area contributed by atoms with E-state index in [1.54, 1.807) is 33.4 Å². The number of anilines is 1. The highest BCUT2D eigenvalue weighted by Gasteiger charge is 2.21. The van der Waals surface area contributed by atoms with Gasteiger partial charge < -0.3 is 29.4 Å². The van der Waals surface area contributed by atoms with E-state index in [2.05, 4.69) is 26.6 Å². The Bertz CT molecular complexity index is 1140. The van der Waals surface area contributed by atoms with Crippen LogP contribution in [-0.2, 0) is 19.5 Å². The van der Waals surface area contributed by atoms with E-state index in [-0.39, 0.29) is 11.7 Å². The molecule has 0 saturated carbocycles. The van der Waals surface area contributed by atoms with Gasteiger partial charge in [-0.3, -0.25) is 9.79 Å². The lowest BCUT2D eigenvalue weighted by Gasteiger charge is -2.32. The van der Waals surface area contributed by atoms with E-state index in [0.717, 1.165) is 42.5 Å². The molecule has 0 aliphatic carbocycles. The number of methoxy groups -OCH3 is 2. The second kappa shape index (κ2) is 10.1. The number of furan rings is 1. The molecule has 0 unspecified atom stereocenters. The summed E-state index contributed by atoms with van der Waals surface area (Å²) in [5.74, 6) is 2.31. The van der Waals surface area contributed by atoms with Crippen LogP contribution in [0.5, 0.6) is 11.5 Å². The summed E-state index contributed by atoms with van der Waals surface area (Å²) in [7, 11) is 5.09. The van der Waals surface area contributed by atoms with Gasteiger partial charge in [0.2, 0.25) is 0 Å². The van der Waals surface area contributed by atoms with E-state index in [1.165, 1.54) is 17.4 Å². The second-order valence-corrected chi connectivity index (χ2v) is 7.68. The van der Waals surface area contributed by atoms with Crippen LogP contribution in [0.25, 0.3) is 0 Å². The standard InChI is InChI=1S/C25H28N4O4/c1-26-25(29-10-9-18-13-22(31-2)23(32-3)14-19(18)16-29)27-15-17-6-4-7-20(12-17)28-24(30)21-8-5-11-33-21/h4-8,11-14H,9-10,15-16H2,1-3H3,(H,26,27)(H,28,30). The largest absolute Gasteiger partial charge is 0.493 e. The Balaban J connectivity index is 1.40. The molecule has 172 valence electrons. The molecule has 3 aromatic rings. The van der Waals surface area contributed by atoms with E-state index in [4.69, 9.17) is 13.9 Å². The normalized spacial score (nSPS) is 13.3. The lowest BCUT2D eigenvalue weighted by atomic mass is 9.99. The van der Waals surface area contributed by atoms with Crippen molar-refractivity contribution in [3.8, 4) is 11.5 Å². The van der Waals surface area contributed by atoms with Crippen molar-refractivity contribution in [1.29, 1.82) is 0 Å². The summed E-state index contributed by atoms with van der Waals surface area (Å²) in [6, 6.07) is 15.1. The number of hydrogen-bond donors (Lipinski definition) is 2. The van der Waals surface area contributed by atoms with E-state index < -0.39 is 0 Å². The van der Waals surface area contributed by atoms with Crippen LogP contribution < -0.4 is 20.1 Å². The molecular formula is C25H28N4O4. The van der Waals surface area contributed by atoms with Crippen molar-refractivity contribution < 1.29 is 18.7 Å². The quantitative estimate of drug-likeness (QED) is 0.442. The molecule has 0 bridgehead atoms. The lowest BCUT2D eigenvalue weighted by Crippen LogP contribution is -2.43. The predicted octanol–water partition coefficient (Wildman–Crippen LogP) is 3.68. The minimum atomic E-state index is -0.278. The summed E-state index contributed by atoms with van der Waals surface area (Å²) in [4.78, 5) is 18.9. The number of benzene rings is 2. The maximum absolute atomic E-state index is 12.2. The van der Waals surface area contributed by atoms with Gasteiger partial charge in [0, 0.05) is 32.4 Å². The first-order valence-electron chi connectivity index (χ1n) is 10.7. The summed E-state index contributed by atoms with van der Waals surface area (Å²) in [6.07, 6.45) is 2.37. The van der Waals surface area contributed by atoms with Gasteiger partial charge in [-0.25, -0.2) is 0 Å². The van der Waals surface area contributed by atoms with Gasteiger partial charge in [-0.2, -0.15) is 0 Å². The number of carbonyl (C=O) groups excluding carboxylic acids is 1. The zero-order chi connectivity index (χ0) is 23.2. The maximum Gasteiger partial charge on any atom is 0.291 e. The number of rotatable bonds is 6. The van der Waals surface area contributed by atoms with Crippen molar-refractivity contribution >= 4 is 17.6 Å². The first-order valence-corrected chi connectivity index (χ1v) is 10.7. The summed E-state index contributed by atoms with van der Waals surface area (Å²) in [5.41, 5.74) is 4.19. The molecule has 0 spiro atoms. The van der Waals surface area contributed by atoms with Crippen LogP contribution in [0.2, 0.25) is 0 Å². The van der Waals surface area contributed by atoms with Gasteiger partial charge in [0.25, 0.3) is 5.91 Å². The molecule has 0 radical (unpaired) electrons. The van der Waals surface area contributed by atoms with Gasteiger partial charge in [0.15, 0.2) is 23.2 Å². The second-order valence-electron chi connectivity index (χ2n) is 7.68. The zero-order valence-electron chi connectivity index (χ0n) is 19.1. The molecule has 0 atom stereocenters. The summed E-state index contributed by atoms with van der Waals surface area (Å²) in [5, 5.41) is 6.29. The number of hydrogen-bond acceptors (Lipinski definition) is 5. The average molecular weight is 449 g/mol. The zero-order valence-corrected chi connectivity index (χ0v) is 19.1. The van der Waals surface area contributed by atoms with Crippen LogP contribution in [-0.4, -0.2) is 44.6 Å². The fourth-order valence-electron chi connectivity index (χ4n) is 3.94. The monoisotopic (exact) mass is 448 g/mol. The molecule has 2 aromatic carbocycles. The van der Waals surface area contributed by atoms with Crippen molar-refractivity contribution in [3.63, 3.8) is 0 Å². The SMILES string of the molecule is CN=C(NCc1cccc(NC(=O)c2ccco2)c1)N1CCc2cc(OC)c(OC)cc2C1. The first-order chi connectivity index (χ1) is 16.1. The molecule has 8 nitrogen and oxygen atoms in total. The molecule has 1 aromatic heterocycles. The van der Waals surface area contributed by atoms with E-state index >= 15 is 0 Å². The van der Waals surface area contributed by atoms with E-state index in [0.29, 0.717) is 12.2 Å². The maximum atomic E-state index is 12.2. The number of guanidine groups is 1. The number of fused-ring (bicyclic) bond motifs is 1. The summed E-state index contributed by atoms with van der Waals surface area (Å²) < 4.78 is 16.1. The summed E-state index contributed by atoms with van der Waals surface area (Å²) in [6.45, 7) is 2.16. The van der Waals surface area contributed by atoms with Crippen LogP contribution in [0, 0.1) is 0 Å². The van der Waals surface area contributed by atoms with Crippen molar-refractivity contribution in [2.45, 2.75) is 19.5 Å².